The number of esters is 2. The first-order valence-corrected chi connectivity index (χ1v) is 6.53. The van der Waals surface area contributed by atoms with Gasteiger partial charge in [-0.3, -0.25) is 0 Å². The zero-order valence-electron chi connectivity index (χ0n) is 12.9. The molecular formula is C15H12F6O4. The maximum atomic E-state index is 13.3. The van der Waals surface area contributed by atoms with Crippen LogP contribution in [0.5, 0.6) is 11.5 Å². The van der Waals surface area contributed by atoms with Crippen molar-refractivity contribution in [2.24, 2.45) is 0 Å². The van der Waals surface area contributed by atoms with E-state index in [1.165, 1.54) is 6.92 Å². The van der Waals surface area contributed by atoms with Crippen LogP contribution in [0.2, 0.25) is 0 Å². The van der Waals surface area contributed by atoms with Crippen LogP contribution in [-0.2, 0) is 9.59 Å². The molecule has 10 heteroatoms. The number of carbonyl (C=O) groups is 2. The van der Waals surface area contributed by atoms with Crippen molar-refractivity contribution in [2.75, 3.05) is 0 Å². The van der Waals surface area contributed by atoms with Crippen LogP contribution in [0, 0.1) is 0 Å². The fraction of sp³-hybridized carbons (Fsp3) is 0.333. The van der Waals surface area contributed by atoms with E-state index in [2.05, 4.69) is 11.3 Å². The number of hydrogen-bond donors (Lipinski definition) is 0. The van der Waals surface area contributed by atoms with Crippen LogP contribution in [0.3, 0.4) is 0 Å². The molecule has 0 aromatic heterocycles. The first-order chi connectivity index (χ1) is 11.2. The summed E-state index contributed by atoms with van der Waals surface area (Å²) in [7, 11) is 0. The van der Waals surface area contributed by atoms with Crippen LogP contribution in [0.4, 0.5) is 26.3 Å². The summed E-state index contributed by atoms with van der Waals surface area (Å²) in [5.74, 6) is -21.2. The monoisotopic (exact) mass is 370 g/mol. The van der Waals surface area contributed by atoms with Gasteiger partial charge in [-0.25, -0.2) is 9.59 Å². The number of hydrogen-bond acceptors (Lipinski definition) is 4. The van der Waals surface area contributed by atoms with Gasteiger partial charge in [-0.2, -0.15) is 26.3 Å². The van der Waals surface area contributed by atoms with Gasteiger partial charge >= 0.3 is 29.7 Å². The standard InChI is InChI=1S/C15H12F6O4/c1-8(2)11(22)24-9-4-6-10(7-5-9)25-12(23)14(18,19)15(20,21)13(3,16)17/h4-7H,1H2,2-3H3. The molecule has 0 radical (unpaired) electrons. The highest BCUT2D eigenvalue weighted by Crippen LogP contribution is 2.46. The molecule has 0 spiro atoms. The molecule has 0 bridgehead atoms. The second-order valence-corrected chi connectivity index (χ2v) is 5.07. The molecule has 1 aromatic carbocycles. The lowest BCUT2D eigenvalue weighted by Gasteiger charge is -2.28. The molecule has 0 aliphatic rings. The summed E-state index contributed by atoms with van der Waals surface area (Å²) < 4.78 is 86.9. The van der Waals surface area contributed by atoms with E-state index in [-0.39, 0.29) is 11.3 Å². The Kier molecular flexibility index (Phi) is 5.56. The van der Waals surface area contributed by atoms with Gasteiger partial charge in [-0.1, -0.05) is 6.58 Å². The highest BCUT2D eigenvalue weighted by Gasteiger charge is 2.74. The van der Waals surface area contributed by atoms with Crippen molar-refractivity contribution in [3.63, 3.8) is 0 Å². The smallest absolute Gasteiger partial charge is 0.411 e. The average Bonchev–Trinajstić information content (AvgIpc) is 2.47. The van der Waals surface area contributed by atoms with Gasteiger partial charge in [0.1, 0.15) is 11.5 Å². The lowest BCUT2D eigenvalue weighted by molar-refractivity contribution is -0.296. The molecule has 4 nitrogen and oxygen atoms in total. The van der Waals surface area contributed by atoms with Crippen LogP contribution in [0.25, 0.3) is 0 Å². The van der Waals surface area contributed by atoms with Crippen molar-refractivity contribution in [3.8, 4) is 11.5 Å². The van der Waals surface area contributed by atoms with Gasteiger partial charge in [0, 0.05) is 12.5 Å². The van der Waals surface area contributed by atoms with Gasteiger partial charge in [-0.15, -0.1) is 0 Å². The molecule has 0 saturated carbocycles. The molecule has 0 unspecified atom stereocenters. The molecule has 0 heterocycles. The van der Waals surface area contributed by atoms with E-state index < -0.39 is 42.4 Å². The highest BCUT2D eigenvalue weighted by molar-refractivity contribution is 5.88. The Hall–Kier alpha value is -2.52. The number of ether oxygens (including phenoxy) is 2. The fourth-order valence-electron chi connectivity index (χ4n) is 1.34. The number of benzene rings is 1. The minimum Gasteiger partial charge on any atom is -0.423 e. The third-order valence-corrected chi connectivity index (χ3v) is 2.80. The molecule has 0 aliphatic carbocycles. The van der Waals surface area contributed by atoms with Crippen LogP contribution < -0.4 is 9.47 Å². The third-order valence-electron chi connectivity index (χ3n) is 2.80. The zero-order chi connectivity index (χ0) is 19.6. The Bertz CT molecular complexity index is 676. The van der Waals surface area contributed by atoms with Crippen LogP contribution in [0.1, 0.15) is 13.8 Å². The molecule has 25 heavy (non-hydrogen) atoms. The maximum absolute atomic E-state index is 13.3. The largest absolute Gasteiger partial charge is 0.423 e. The summed E-state index contributed by atoms with van der Waals surface area (Å²) in [5.41, 5.74) is 0.0675. The van der Waals surface area contributed by atoms with Gasteiger partial charge in [0.25, 0.3) is 0 Å². The minimum atomic E-state index is -5.95. The van der Waals surface area contributed by atoms with Gasteiger partial charge < -0.3 is 9.47 Å². The van der Waals surface area contributed by atoms with Gasteiger partial charge in [-0.05, 0) is 31.2 Å². The molecule has 0 fully saturated rings. The van der Waals surface area contributed by atoms with Crippen molar-refractivity contribution in [1.82, 2.24) is 0 Å². The topological polar surface area (TPSA) is 52.6 Å². The van der Waals surface area contributed by atoms with Gasteiger partial charge in [0.05, 0.1) is 0 Å². The van der Waals surface area contributed by atoms with E-state index in [1.54, 1.807) is 0 Å². The van der Waals surface area contributed by atoms with E-state index in [0.717, 1.165) is 24.3 Å². The molecule has 1 rings (SSSR count). The minimum absolute atomic E-state index is 0.0675. The van der Waals surface area contributed by atoms with Gasteiger partial charge in [0.15, 0.2) is 0 Å². The molecule has 0 atom stereocenters. The van der Waals surface area contributed by atoms with Crippen molar-refractivity contribution < 1.29 is 45.4 Å². The molecule has 138 valence electrons. The van der Waals surface area contributed by atoms with E-state index in [1.807, 2.05) is 0 Å². The molecule has 1 aromatic rings. The average molecular weight is 370 g/mol. The molecule has 0 amide bonds. The summed E-state index contributed by atoms with van der Waals surface area (Å²) in [6.45, 7) is 4.24. The third kappa shape index (κ3) is 4.31. The van der Waals surface area contributed by atoms with Crippen molar-refractivity contribution in [3.05, 3.63) is 36.4 Å². The fourth-order valence-corrected chi connectivity index (χ4v) is 1.34. The molecule has 0 N–H and O–H groups in total. The van der Waals surface area contributed by atoms with Crippen molar-refractivity contribution >= 4 is 11.9 Å². The van der Waals surface area contributed by atoms with E-state index in [0.29, 0.717) is 0 Å². The van der Waals surface area contributed by atoms with E-state index in [9.17, 15) is 35.9 Å². The quantitative estimate of drug-likeness (QED) is 0.329. The van der Waals surface area contributed by atoms with Crippen LogP contribution >= 0.6 is 0 Å². The summed E-state index contributed by atoms with van der Waals surface area (Å²) in [6.07, 6.45) is 0. The van der Waals surface area contributed by atoms with E-state index >= 15 is 0 Å². The number of halogens is 6. The second-order valence-electron chi connectivity index (χ2n) is 5.07. The second kappa shape index (κ2) is 6.77. The maximum Gasteiger partial charge on any atom is 0.411 e. The van der Waals surface area contributed by atoms with Crippen molar-refractivity contribution in [1.29, 1.82) is 0 Å². The normalized spacial score (nSPS) is 12.5. The lowest BCUT2D eigenvalue weighted by Crippen LogP contribution is -2.57. The summed E-state index contributed by atoms with van der Waals surface area (Å²) in [4.78, 5) is 22.4. The Balaban J connectivity index is 2.90. The summed E-state index contributed by atoms with van der Waals surface area (Å²) in [6, 6.07) is 3.71. The summed E-state index contributed by atoms with van der Waals surface area (Å²) >= 11 is 0. The number of carbonyl (C=O) groups excluding carboxylic acids is 2. The lowest BCUT2D eigenvalue weighted by atomic mass is 10.1. The van der Waals surface area contributed by atoms with Crippen molar-refractivity contribution in [2.45, 2.75) is 31.6 Å². The molecule has 0 aliphatic heterocycles. The number of rotatable bonds is 6. The Morgan fingerprint density at radius 1 is 0.920 bits per heavy atom. The Morgan fingerprint density at radius 3 is 1.68 bits per heavy atom. The summed E-state index contributed by atoms with van der Waals surface area (Å²) in [5, 5.41) is 0. The molecular weight excluding hydrogens is 358 g/mol. The highest BCUT2D eigenvalue weighted by atomic mass is 19.3. The number of alkyl halides is 6. The Morgan fingerprint density at radius 2 is 1.32 bits per heavy atom. The zero-order valence-corrected chi connectivity index (χ0v) is 12.9. The van der Waals surface area contributed by atoms with Gasteiger partial charge in [0.2, 0.25) is 0 Å². The van der Waals surface area contributed by atoms with Crippen LogP contribution in [-0.4, -0.2) is 29.7 Å². The Labute approximate surface area is 138 Å². The van der Waals surface area contributed by atoms with Crippen LogP contribution in [0.15, 0.2) is 36.4 Å². The first kappa shape index (κ1) is 20.5. The predicted octanol–water partition coefficient (Wildman–Crippen LogP) is 4.00. The SMILES string of the molecule is C=C(C)C(=O)Oc1ccc(OC(=O)C(F)(F)C(F)(F)C(C)(F)F)cc1. The predicted molar refractivity (Wildman–Crippen MR) is 73.0 cm³/mol. The molecule has 0 saturated heterocycles. The van der Waals surface area contributed by atoms with E-state index in [4.69, 9.17) is 4.74 Å². The first-order valence-electron chi connectivity index (χ1n) is 6.53.